The van der Waals surface area contributed by atoms with Crippen molar-refractivity contribution in [3.05, 3.63) is 35.1 Å². The predicted molar refractivity (Wildman–Crippen MR) is 67.2 cm³/mol. The van der Waals surface area contributed by atoms with Crippen LogP contribution in [0.25, 0.3) is 0 Å². The number of amides is 1. The summed E-state index contributed by atoms with van der Waals surface area (Å²) in [5.41, 5.74) is -2.01. The molecular weight excluding hydrogens is 287 g/mol. The van der Waals surface area contributed by atoms with E-state index in [0.717, 1.165) is 4.90 Å². The second-order valence-corrected chi connectivity index (χ2v) is 5.44. The lowest BCUT2D eigenvalue weighted by molar-refractivity contribution is -0.150. The first-order valence-corrected chi connectivity index (χ1v) is 6.42. The number of halogens is 3. The van der Waals surface area contributed by atoms with Crippen molar-refractivity contribution in [2.45, 2.75) is 19.8 Å². The zero-order valence-electron chi connectivity index (χ0n) is 11.3. The molecule has 0 spiro atoms. The Kier molecular flexibility index (Phi) is 3.93. The summed E-state index contributed by atoms with van der Waals surface area (Å²) in [6.45, 7) is 1.54. The molecule has 1 saturated heterocycles. The topological polar surface area (TPSA) is 57.6 Å². The van der Waals surface area contributed by atoms with Gasteiger partial charge in [0.1, 0.15) is 23.0 Å². The van der Waals surface area contributed by atoms with Gasteiger partial charge in [-0.1, -0.05) is 0 Å². The zero-order valence-corrected chi connectivity index (χ0v) is 11.3. The van der Waals surface area contributed by atoms with E-state index < -0.39 is 40.3 Å². The highest BCUT2D eigenvalue weighted by Gasteiger charge is 2.40. The van der Waals surface area contributed by atoms with Crippen molar-refractivity contribution in [3.8, 4) is 0 Å². The number of rotatable bonds is 2. The zero-order chi connectivity index (χ0) is 15.8. The van der Waals surface area contributed by atoms with Gasteiger partial charge in [0.05, 0.1) is 5.41 Å². The normalized spacial score (nSPS) is 22.2. The van der Waals surface area contributed by atoms with Gasteiger partial charge < -0.3 is 10.0 Å². The lowest BCUT2D eigenvalue weighted by Gasteiger charge is -2.37. The van der Waals surface area contributed by atoms with Crippen LogP contribution in [-0.2, 0) is 4.79 Å². The third-order valence-electron chi connectivity index (χ3n) is 3.72. The fourth-order valence-electron chi connectivity index (χ4n) is 2.49. The standard InChI is InChI=1S/C14H14F3NO3/c1-14(13(20)21)3-2-4-18(7-14)12(19)11-9(16)5-8(15)6-10(11)17/h5-6H,2-4,7H2,1H3,(H,20,21). The van der Waals surface area contributed by atoms with E-state index in [0.29, 0.717) is 25.0 Å². The molecule has 1 N–H and O–H groups in total. The van der Waals surface area contributed by atoms with Crippen LogP contribution < -0.4 is 0 Å². The Morgan fingerprint density at radius 3 is 2.33 bits per heavy atom. The molecule has 0 saturated carbocycles. The Balaban J connectivity index is 2.31. The Bertz CT molecular complexity index is 582. The molecule has 114 valence electrons. The number of carboxylic acid groups (broad SMARTS) is 1. The number of benzene rings is 1. The molecule has 1 amide bonds. The van der Waals surface area contributed by atoms with Crippen molar-refractivity contribution in [1.82, 2.24) is 4.90 Å². The number of nitrogens with zero attached hydrogens (tertiary/aromatic N) is 1. The molecule has 1 aromatic rings. The lowest BCUT2D eigenvalue weighted by atomic mass is 9.82. The molecule has 1 aliphatic heterocycles. The molecule has 21 heavy (non-hydrogen) atoms. The summed E-state index contributed by atoms with van der Waals surface area (Å²) >= 11 is 0. The Morgan fingerprint density at radius 1 is 1.24 bits per heavy atom. The molecule has 0 aliphatic carbocycles. The van der Waals surface area contributed by atoms with E-state index in [1.807, 2.05) is 0 Å². The van der Waals surface area contributed by atoms with Crippen molar-refractivity contribution in [2.75, 3.05) is 13.1 Å². The molecule has 1 unspecified atom stereocenters. The number of carbonyl (C=O) groups excluding carboxylic acids is 1. The van der Waals surface area contributed by atoms with Gasteiger partial charge in [-0.05, 0) is 19.8 Å². The van der Waals surface area contributed by atoms with Crippen LogP contribution in [0.3, 0.4) is 0 Å². The molecule has 1 aliphatic rings. The first kappa shape index (κ1) is 15.3. The van der Waals surface area contributed by atoms with E-state index in [9.17, 15) is 27.9 Å². The first-order chi connectivity index (χ1) is 9.74. The van der Waals surface area contributed by atoms with Crippen molar-refractivity contribution in [2.24, 2.45) is 5.41 Å². The first-order valence-electron chi connectivity index (χ1n) is 6.42. The predicted octanol–water partition coefficient (Wildman–Crippen LogP) is 2.43. The van der Waals surface area contributed by atoms with E-state index in [1.165, 1.54) is 6.92 Å². The van der Waals surface area contributed by atoms with Crippen LogP contribution in [0.4, 0.5) is 13.2 Å². The second kappa shape index (κ2) is 5.38. The van der Waals surface area contributed by atoms with Crippen molar-refractivity contribution < 1.29 is 27.9 Å². The number of likely N-dealkylation sites (tertiary alicyclic amines) is 1. The summed E-state index contributed by atoms with van der Waals surface area (Å²) in [5.74, 6) is -5.73. The molecule has 1 heterocycles. The van der Waals surface area contributed by atoms with Crippen LogP contribution in [0.15, 0.2) is 12.1 Å². The van der Waals surface area contributed by atoms with Gasteiger partial charge in [0.15, 0.2) is 0 Å². The van der Waals surface area contributed by atoms with Crippen molar-refractivity contribution >= 4 is 11.9 Å². The minimum absolute atomic E-state index is 0.141. The molecule has 0 radical (unpaired) electrons. The maximum absolute atomic E-state index is 13.6. The van der Waals surface area contributed by atoms with Crippen LogP contribution in [0.5, 0.6) is 0 Å². The largest absolute Gasteiger partial charge is 0.481 e. The molecule has 1 fully saturated rings. The second-order valence-electron chi connectivity index (χ2n) is 5.44. The van der Waals surface area contributed by atoms with Crippen molar-refractivity contribution in [3.63, 3.8) is 0 Å². The van der Waals surface area contributed by atoms with Crippen molar-refractivity contribution in [1.29, 1.82) is 0 Å². The van der Waals surface area contributed by atoms with Crippen LogP contribution in [0, 0.1) is 22.9 Å². The minimum Gasteiger partial charge on any atom is -0.481 e. The summed E-state index contributed by atoms with van der Waals surface area (Å²) < 4.78 is 40.1. The van der Waals surface area contributed by atoms with E-state index in [2.05, 4.69) is 0 Å². The average molecular weight is 301 g/mol. The van der Waals surface area contributed by atoms with E-state index >= 15 is 0 Å². The number of hydrogen-bond donors (Lipinski definition) is 1. The van der Waals surface area contributed by atoms with Crippen LogP contribution in [0.2, 0.25) is 0 Å². The summed E-state index contributed by atoms with van der Waals surface area (Å²) in [6, 6.07) is 0.854. The Hall–Kier alpha value is -2.05. The quantitative estimate of drug-likeness (QED) is 0.912. The van der Waals surface area contributed by atoms with Gasteiger partial charge in [-0.15, -0.1) is 0 Å². The summed E-state index contributed by atoms with van der Waals surface area (Å²) in [4.78, 5) is 24.5. The highest BCUT2D eigenvalue weighted by atomic mass is 19.1. The van der Waals surface area contributed by atoms with Gasteiger partial charge in [0, 0.05) is 25.2 Å². The molecule has 1 atom stereocenters. The summed E-state index contributed by atoms with van der Waals surface area (Å²) in [5, 5.41) is 9.18. The van der Waals surface area contributed by atoms with Crippen LogP contribution in [-0.4, -0.2) is 35.0 Å². The van der Waals surface area contributed by atoms with Gasteiger partial charge >= 0.3 is 5.97 Å². The van der Waals surface area contributed by atoms with Gasteiger partial charge in [-0.2, -0.15) is 0 Å². The number of carbonyl (C=O) groups is 2. The average Bonchev–Trinajstić information content (AvgIpc) is 2.37. The molecule has 2 rings (SSSR count). The third-order valence-corrected chi connectivity index (χ3v) is 3.72. The fourth-order valence-corrected chi connectivity index (χ4v) is 2.49. The van der Waals surface area contributed by atoms with E-state index in [-0.39, 0.29) is 13.1 Å². The SMILES string of the molecule is CC1(C(=O)O)CCCN(C(=O)c2c(F)cc(F)cc2F)C1. The smallest absolute Gasteiger partial charge is 0.311 e. The number of carboxylic acids is 1. The summed E-state index contributed by atoms with van der Waals surface area (Å²) in [6.07, 6.45) is 0.791. The monoisotopic (exact) mass is 301 g/mol. The van der Waals surface area contributed by atoms with Gasteiger partial charge in [0.2, 0.25) is 0 Å². The number of aliphatic carboxylic acids is 1. The van der Waals surface area contributed by atoms with Gasteiger partial charge in [-0.3, -0.25) is 9.59 Å². The highest BCUT2D eigenvalue weighted by Crippen LogP contribution is 2.31. The fraction of sp³-hybridized carbons (Fsp3) is 0.429. The van der Waals surface area contributed by atoms with Crippen LogP contribution >= 0.6 is 0 Å². The molecule has 4 nitrogen and oxygen atoms in total. The molecule has 0 bridgehead atoms. The summed E-state index contributed by atoms with van der Waals surface area (Å²) in [7, 11) is 0. The lowest BCUT2D eigenvalue weighted by Crippen LogP contribution is -2.48. The molecule has 1 aromatic carbocycles. The van der Waals surface area contributed by atoms with Gasteiger partial charge in [-0.25, -0.2) is 13.2 Å². The third kappa shape index (κ3) is 2.86. The molecular formula is C14H14F3NO3. The highest BCUT2D eigenvalue weighted by molar-refractivity contribution is 5.95. The van der Waals surface area contributed by atoms with E-state index in [1.54, 1.807) is 0 Å². The Labute approximate surface area is 119 Å². The number of hydrogen-bond acceptors (Lipinski definition) is 2. The minimum atomic E-state index is -1.29. The number of piperidine rings is 1. The van der Waals surface area contributed by atoms with E-state index in [4.69, 9.17) is 0 Å². The van der Waals surface area contributed by atoms with Crippen LogP contribution in [0.1, 0.15) is 30.1 Å². The maximum Gasteiger partial charge on any atom is 0.311 e. The molecule has 7 heteroatoms. The maximum atomic E-state index is 13.6. The Morgan fingerprint density at radius 2 is 1.81 bits per heavy atom. The van der Waals surface area contributed by atoms with Gasteiger partial charge in [0.25, 0.3) is 5.91 Å². The molecule has 0 aromatic heterocycles.